The molecule has 0 saturated heterocycles. The van der Waals surface area contributed by atoms with Gasteiger partial charge in [-0.05, 0) is 51.7 Å². The molecule has 2 atom stereocenters. The molecule has 0 amide bonds. The second kappa shape index (κ2) is 9.65. The molecule has 1 heterocycles. The molecule has 0 bridgehead atoms. The molecule has 5 heteroatoms. The molecule has 2 aromatic rings. The number of carbonyl (C=O) groups is 2. The Balaban J connectivity index is 1.84. The fourth-order valence-corrected chi connectivity index (χ4v) is 4.87. The second-order valence-corrected chi connectivity index (χ2v) is 8.85. The van der Waals surface area contributed by atoms with Crippen molar-refractivity contribution in [2.45, 2.75) is 58.5 Å². The number of esters is 1. The Bertz CT molecular complexity index is 1110. The first-order chi connectivity index (χ1) is 15.9. The second-order valence-electron chi connectivity index (χ2n) is 8.85. The summed E-state index contributed by atoms with van der Waals surface area (Å²) in [7, 11) is 0. The first kappa shape index (κ1) is 22.8. The van der Waals surface area contributed by atoms with Crippen LogP contribution in [0.3, 0.4) is 0 Å². The monoisotopic (exact) mass is 445 g/mol. The first-order valence-corrected chi connectivity index (χ1v) is 11.6. The van der Waals surface area contributed by atoms with E-state index in [9.17, 15) is 9.59 Å². The Morgan fingerprint density at radius 2 is 1.76 bits per heavy atom. The van der Waals surface area contributed by atoms with Gasteiger partial charge in [-0.2, -0.15) is 0 Å². The Labute approximate surface area is 195 Å². The van der Waals surface area contributed by atoms with Gasteiger partial charge in [-0.15, -0.1) is 0 Å². The van der Waals surface area contributed by atoms with Gasteiger partial charge >= 0.3 is 5.97 Å². The number of para-hydroxylation sites is 1. The molecule has 1 aliphatic heterocycles. The van der Waals surface area contributed by atoms with Crippen LogP contribution in [0.5, 0.6) is 5.75 Å². The predicted molar refractivity (Wildman–Crippen MR) is 128 cm³/mol. The molecule has 33 heavy (non-hydrogen) atoms. The Morgan fingerprint density at radius 1 is 1.06 bits per heavy atom. The summed E-state index contributed by atoms with van der Waals surface area (Å²) in [5, 5.41) is 3.39. The maximum Gasteiger partial charge on any atom is 0.336 e. The highest BCUT2D eigenvalue weighted by atomic mass is 16.5. The van der Waals surface area contributed by atoms with E-state index >= 15 is 0 Å². The van der Waals surface area contributed by atoms with Crippen molar-refractivity contribution < 1.29 is 19.1 Å². The molecule has 0 fully saturated rings. The molecule has 2 aliphatic rings. The zero-order valence-corrected chi connectivity index (χ0v) is 19.7. The summed E-state index contributed by atoms with van der Waals surface area (Å²) >= 11 is 0. The summed E-state index contributed by atoms with van der Waals surface area (Å²) in [5.41, 5.74) is 4.69. The van der Waals surface area contributed by atoms with Crippen LogP contribution in [-0.2, 0) is 14.3 Å². The van der Waals surface area contributed by atoms with E-state index in [1.54, 1.807) is 6.92 Å². The van der Waals surface area contributed by atoms with Crippen LogP contribution < -0.4 is 10.1 Å². The molecule has 0 saturated carbocycles. The van der Waals surface area contributed by atoms with Crippen LogP contribution in [0.1, 0.15) is 63.5 Å². The Morgan fingerprint density at radius 3 is 2.45 bits per heavy atom. The average molecular weight is 446 g/mol. The minimum atomic E-state index is -0.528. The third kappa shape index (κ3) is 4.58. The smallest absolute Gasteiger partial charge is 0.336 e. The van der Waals surface area contributed by atoms with Crippen LogP contribution in [0.4, 0.5) is 0 Å². The number of carbonyl (C=O) groups excluding carboxylic acids is 2. The van der Waals surface area contributed by atoms with E-state index in [2.05, 4.69) is 17.4 Å². The highest BCUT2D eigenvalue weighted by Crippen LogP contribution is 2.47. The molecule has 5 nitrogen and oxygen atoms in total. The maximum atomic E-state index is 13.6. The molecule has 4 rings (SSSR count). The molecule has 1 N–H and O–H groups in total. The third-order valence-corrected chi connectivity index (χ3v) is 6.19. The zero-order valence-electron chi connectivity index (χ0n) is 19.7. The van der Waals surface area contributed by atoms with E-state index < -0.39 is 11.9 Å². The Kier molecular flexibility index (Phi) is 6.68. The maximum absolute atomic E-state index is 13.6. The van der Waals surface area contributed by atoms with Gasteiger partial charge in [0, 0.05) is 29.0 Å². The molecule has 0 radical (unpaired) electrons. The lowest BCUT2D eigenvalue weighted by molar-refractivity contribution is -0.138. The van der Waals surface area contributed by atoms with E-state index in [1.165, 1.54) is 0 Å². The van der Waals surface area contributed by atoms with Crippen molar-refractivity contribution in [1.82, 2.24) is 5.32 Å². The number of rotatable bonds is 6. The number of hydrogen-bond donors (Lipinski definition) is 1. The van der Waals surface area contributed by atoms with E-state index in [1.807, 2.05) is 63.2 Å². The summed E-state index contributed by atoms with van der Waals surface area (Å²) in [5.74, 6) is -0.101. The summed E-state index contributed by atoms with van der Waals surface area (Å²) in [6.45, 7) is 7.87. The highest BCUT2D eigenvalue weighted by Gasteiger charge is 2.42. The van der Waals surface area contributed by atoms with E-state index in [-0.39, 0.29) is 24.4 Å². The van der Waals surface area contributed by atoms with Crippen molar-refractivity contribution in [2.24, 2.45) is 0 Å². The van der Waals surface area contributed by atoms with Crippen LogP contribution in [-0.4, -0.2) is 24.5 Å². The van der Waals surface area contributed by atoms with Crippen LogP contribution in [0.25, 0.3) is 0 Å². The van der Waals surface area contributed by atoms with Gasteiger partial charge in [0.1, 0.15) is 5.75 Å². The van der Waals surface area contributed by atoms with Crippen molar-refractivity contribution in [2.75, 3.05) is 6.61 Å². The van der Waals surface area contributed by atoms with Crippen molar-refractivity contribution in [3.8, 4) is 5.75 Å². The normalized spacial score (nSPS) is 20.5. The van der Waals surface area contributed by atoms with Gasteiger partial charge in [0.15, 0.2) is 5.78 Å². The molecule has 172 valence electrons. The quantitative estimate of drug-likeness (QED) is 0.603. The number of allylic oxidation sites excluding steroid dienone is 3. The molecule has 0 spiro atoms. The van der Waals surface area contributed by atoms with Crippen molar-refractivity contribution in [3.63, 3.8) is 0 Å². The number of hydrogen-bond acceptors (Lipinski definition) is 5. The number of dihydropyridines is 1. The van der Waals surface area contributed by atoms with Gasteiger partial charge in [-0.25, -0.2) is 4.79 Å². The number of nitrogens with one attached hydrogen (secondary N) is 1. The molecule has 0 unspecified atom stereocenters. The lowest BCUT2D eigenvalue weighted by Gasteiger charge is -2.37. The van der Waals surface area contributed by atoms with Crippen LogP contribution in [0, 0.1) is 0 Å². The topological polar surface area (TPSA) is 64.6 Å². The number of benzene rings is 2. The van der Waals surface area contributed by atoms with Crippen LogP contribution in [0.2, 0.25) is 0 Å². The number of ketones is 1. The largest absolute Gasteiger partial charge is 0.491 e. The summed E-state index contributed by atoms with van der Waals surface area (Å²) in [4.78, 5) is 26.7. The van der Waals surface area contributed by atoms with Gasteiger partial charge in [-0.3, -0.25) is 4.79 Å². The lowest BCUT2D eigenvalue weighted by atomic mass is 9.71. The molecule has 0 aromatic heterocycles. The van der Waals surface area contributed by atoms with Gasteiger partial charge in [0.25, 0.3) is 0 Å². The van der Waals surface area contributed by atoms with Crippen LogP contribution in [0.15, 0.2) is 77.1 Å². The lowest BCUT2D eigenvalue weighted by Crippen LogP contribution is -2.36. The van der Waals surface area contributed by atoms with E-state index in [0.29, 0.717) is 29.7 Å². The SMILES string of the molecule is CCOC(=O)C1=C(C)NC2=C(C(=O)C[C@@H](c3ccccc3)C2)[C@@H]1c1ccccc1OC(C)C. The van der Waals surface area contributed by atoms with Crippen molar-refractivity contribution in [3.05, 3.63) is 88.3 Å². The fourth-order valence-electron chi connectivity index (χ4n) is 4.87. The zero-order chi connectivity index (χ0) is 23.5. The summed E-state index contributed by atoms with van der Waals surface area (Å²) in [6.07, 6.45) is 1.08. The predicted octanol–water partition coefficient (Wildman–Crippen LogP) is 5.40. The standard InChI is InChI=1S/C28H31NO4/c1-5-32-28(31)25-18(4)29-22-15-20(19-11-7-6-8-12-19)16-23(30)27(22)26(25)21-13-9-10-14-24(21)33-17(2)3/h6-14,17,20,26,29H,5,15-16H2,1-4H3/t20-,26+/m0/s1. The Hall–Kier alpha value is -3.34. The fraction of sp³-hybridized carbons (Fsp3) is 0.357. The highest BCUT2D eigenvalue weighted by molar-refractivity contribution is 6.04. The average Bonchev–Trinajstić information content (AvgIpc) is 2.78. The van der Waals surface area contributed by atoms with E-state index in [0.717, 1.165) is 22.5 Å². The van der Waals surface area contributed by atoms with E-state index in [4.69, 9.17) is 9.47 Å². The summed E-state index contributed by atoms with van der Waals surface area (Å²) < 4.78 is 11.5. The van der Waals surface area contributed by atoms with Crippen molar-refractivity contribution >= 4 is 11.8 Å². The third-order valence-electron chi connectivity index (χ3n) is 6.19. The minimum Gasteiger partial charge on any atom is -0.491 e. The molecular formula is C28H31NO4. The first-order valence-electron chi connectivity index (χ1n) is 11.6. The molecule has 2 aromatic carbocycles. The molecule has 1 aliphatic carbocycles. The van der Waals surface area contributed by atoms with Gasteiger partial charge in [-0.1, -0.05) is 48.5 Å². The van der Waals surface area contributed by atoms with Crippen LogP contribution >= 0.6 is 0 Å². The number of ether oxygens (including phenoxy) is 2. The number of Topliss-reactive ketones (excluding diaryl/α,β-unsaturated/α-hetero) is 1. The minimum absolute atomic E-state index is 0.0399. The molecular weight excluding hydrogens is 414 g/mol. The van der Waals surface area contributed by atoms with Crippen molar-refractivity contribution in [1.29, 1.82) is 0 Å². The van der Waals surface area contributed by atoms with Gasteiger partial charge < -0.3 is 14.8 Å². The van der Waals surface area contributed by atoms with Gasteiger partial charge in [0.2, 0.25) is 0 Å². The summed E-state index contributed by atoms with van der Waals surface area (Å²) in [6, 6.07) is 17.8. The van der Waals surface area contributed by atoms with Gasteiger partial charge in [0.05, 0.1) is 24.2 Å².